The molecule has 3 N–H and O–H groups in total. The summed E-state index contributed by atoms with van der Waals surface area (Å²) in [6, 6.07) is 6.33. The van der Waals surface area contributed by atoms with Crippen LogP contribution in [-0.2, 0) is 19.6 Å². The van der Waals surface area contributed by atoms with E-state index in [1.165, 1.54) is 16.6 Å². The van der Waals surface area contributed by atoms with Crippen LogP contribution in [0.3, 0.4) is 0 Å². The third-order valence-corrected chi connectivity index (χ3v) is 7.69. The van der Waals surface area contributed by atoms with Gasteiger partial charge in [-0.3, -0.25) is 13.9 Å². The van der Waals surface area contributed by atoms with Crippen LogP contribution < -0.4 is 20.3 Å². The van der Waals surface area contributed by atoms with Crippen molar-refractivity contribution in [3.63, 3.8) is 0 Å². The molecule has 2 aliphatic rings. The number of nitrogens with one attached hydrogen (secondary N) is 1. The monoisotopic (exact) mass is 513 g/mol. The number of hydrogen-bond acceptors (Lipinski definition) is 7. The van der Waals surface area contributed by atoms with E-state index in [1.807, 2.05) is 4.90 Å². The van der Waals surface area contributed by atoms with Gasteiger partial charge in [0.15, 0.2) is 6.10 Å². The lowest BCUT2D eigenvalue weighted by Gasteiger charge is -2.33. The van der Waals surface area contributed by atoms with Gasteiger partial charge in [0.2, 0.25) is 15.9 Å². The number of pyridine rings is 1. The van der Waals surface area contributed by atoms with Gasteiger partial charge in [-0.1, -0.05) is 23.2 Å². The summed E-state index contributed by atoms with van der Waals surface area (Å²) in [5, 5.41) is 3.19. The molecule has 2 saturated heterocycles. The summed E-state index contributed by atoms with van der Waals surface area (Å²) in [7, 11) is -3.46. The van der Waals surface area contributed by atoms with Crippen molar-refractivity contribution < 1.29 is 22.7 Å². The van der Waals surface area contributed by atoms with E-state index in [-0.39, 0.29) is 28.7 Å². The van der Waals surface area contributed by atoms with E-state index in [4.69, 9.17) is 33.7 Å². The largest absolute Gasteiger partial charge is 0.367 e. The molecule has 3 heterocycles. The number of halogens is 2. The summed E-state index contributed by atoms with van der Waals surface area (Å²) in [5.74, 6) is -0.939. The lowest BCUT2D eigenvalue weighted by Crippen LogP contribution is -2.48. The summed E-state index contributed by atoms with van der Waals surface area (Å²) >= 11 is 12.4. The molecule has 0 bridgehead atoms. The van der Waals surface area contributed by atoms with Gasteiger partial charge in [-0.05, 0) is 30.7 Å². The summed E-state index contributed by atoms with van der Waals surface area (Å²) in [5.41, 5.74) is 6.50. The number of rotatable bonds is 5. The zero-order valence-electron chi connectivity index (χ0n) is 17.3. The fourth-order valence-corrected chi connectivity index (χ4v) is 5.64. The van der Waals surface area contributed by atoms with Crippen molar-refractivity contribution in [2.24, 2.45) is 5.73 Å². The smallest absolute Gasteiger partial charge is 0.257 e. The van der Waals surface area contributed by atoms with Crippen LogP contribution in [0.1, 0.15) is 16.8 Å². The van der Waals surface area contributed by atoms with Crippen LogP contribution >= 0.6 is 23.2 Å². The fourth-order valence-electron chi connectivity index (χ4n) is 3.72. The van der Waals surface area contributed by atoms with Gasteiger partial charge in [0.05, 0.1) is 29.5 Å². The maximum Gasteiger partial charge on any atom is 0.257 e. The number of nitrogens with zero attached hydrogens (tertiary/aromatic N) is 3. The van der Waals surface area contributed by atoms with Crippen molar-refractivity contribution in [1.29, 1.82) is 0 Å². The predicted molar refractivity (Wildman–Crippen MR) is 126 cm³/mol. The molecule has 176 valence electrons. The molecule has 10 nitrogen and oxygen atoms in total. The second-order valence-electron chi connectivity index (χ2n) is 7.62. The molecule has 2 fully saturated rings. The highest BCUT2D eigenvalue weighted by molar-refractivity contribution is 7.93. The van der Waals surface area contributed by atoms with Crippen molar-refractivity contribution in [3.8, 4) is 0 Å². The first kappa shape index (κ1) is 23.6. The highest BCUT2D eigenvalue weighted by Gasteiger charge is 2.30. The molecule has 2 aliphatic heterocycles. The summed E-state index contributed by atoms with van der Waals surface area (Å²) in [6.45, 7) is 1.38. The average Bonchev–Trinajstić information content (AvgIpc) is 3.12. The van der Waals surface area contributed by atoms with E-state index >= 15 is 0 Å². The van der Waals surface area contributed by atoms with Gasteiger partial charge < -0.3 is 20.7 Å². The Labute approximate surface area is 200 Å². The van der Waals surface area contributed by atoms with Crippen molar-refractivity contribution >= 4 is 62.2 Å². The molecule has 1 unspecified atom stereocenters. The lowest BCUT2D eigenvalue weighted by atomic mass is 10.2. The standard InChI is InChI=1S/C20H21Cl2N5O5S/c21-12-6-13(8-14(7-12)26-3-4-32-17(11-26)19(23)28)25-20(29)15-9-18(24-10-16(15)22)27-2-1-5-33(27,30)31/h6-10,17H,1-5,11H2,(H2,23,28)(H,25,29). The number of primary amides is 1. The van der Waals surface area contributed by atoms with Crippen molar-refractivity contribution in [2.45, 2.75) is 12.5 Å². The van der Waals surface area contributed by atoms with Crippen molar-refractivity contribution in [1.82, 2.24) is 4.98 Å². The Bertz CT molecular complexity index is 1210. The minimum atomic E-state index is -3.46. The Morgan fingerprint density at radius 1 is 1.18 bits per heavy atom. The first-order chi connectivity index (χ1) is 15.6. The second-order valence-corrected chi connectivity index (χ2v) is 10.5. The number of carbonyl (C=O) groups is 2. The van der Waals surface area contributed by atoms with E-state index in [2.05, 4.69) is 10.3 Å². The number of carbonyl (C=O) groups excluding carboxylic acids is 2. The highest BCUT2D eigenvalue weighted by Crippen LogP contribution is 2.29. The molecule has 0 saturated carbocycles. The van der Waals surface area contributed by atoms with Gasteiger partial charge >= 0.3 is 0 Å². The molecule has 1 atom stereocenters. The number of hydrogen-bond donors (Lipinski definition) is 2. The summed E-state index contributed by atoms with van der Waals surface area (Å²) < 4.78 is 31.0. The Morgan fingerprint density at radius 2 is 1.97 bits per heavy atom. The Balaban J connectivity index is 1.57. The number of aromatic nitrogens is 1. The van der Waals surface area contributed by atoms with Gasteiger partial charge in [-0.25, -0.2) is 13.4 Å². The molecule has 1 aromatic heterocycles. The van der Waals surface area contributed by atoms with Crippen molar-refractivity contribution in [2.75, 3.05) is 46.5 Å². The first-order valence-corrected chi connectivity index (χ1v) is 12.4. The van der Waals surface area contributed by atoms with Crippen LogP contribution in [0.15, 0.2) is 30.5 Å². The molecule has 13 heteroatoms. The van der Waals surface area contributed by atoms with Gasteiger partial charge in [-0.2, -0.15) is 0 Å². The van der Waals surface area contributed by atoms with Crippen LogP contribution in [0.25, 0.3) is 0 Å². The first-order valence-electron chi connectivity index (χ1n) is 10.1. The highest BCUT2D eigenvalue weighted by atomic mass is 35.5. The molecule has 0 aliphatic carbocycles. The number of nitrogens with two attached hydrogens (primary N) is 1. The Kier molecular flexibility index (Phi) is 6.66. The number of morpholine rings is 1. The molecule has 1 aromatic carbocycles. The topological polar surface area (TPSA) is 135 Å². The van der Waals surface area contributed by atoms with Crippen LogP contribution in [-0.4, -0.2) is 63.3 Å². The predicted octanol–water partition coefficient (Wildman–Crippen LogP) is 1.87. The minimum Gasteiger partial charge on any atom is -0.367 e. The molecular formula is C20H21Cl2N5O5S. The van der Waals surface area contributed by atoms with Crippen LogP contribution in [0, 0.1) is 0 Å². The quantitative estimate of drug-likeness (QED) is 0.622. The van der Waals surface area contributed by atoms with Crippen LogP contribution in [0.5, 0.6) is 0 Å². The van der Waals surface area contributed by atoms with Crippen LogP contribution in [0.2, 0.25) is 10.0 Å². The molecule has 0 spiro atoms. The second kappa shape index (κ2) is 9.34. The van der Waals surface area contributed by atoms with Gasteiger partial charge in [0.25, 0.3) is 5.91 Å². The van der Waals surface area contributed by atoms with Crippen molar-refractivity contribution in [3.05, 3.63) is 46.1 Å². The molecule has 2 aromatic rings. The van der Waals surface area contributed by atoms with E-state index in [9.17, 15) is 18.0 Å². The molecular weight excluding hydrogens is 493 g/mol. The number of sulfonamides is 1. The van der Waals surface area contributed by atoms with Gasteiger partial charge in [-0.15, -0.1) is 0 Å². The summed E-state index contributed by atoms with van der Waals surface area (Å²) in [4.78, 5) is 30.4. The molecule has 4 rings (SSSR count). The van der Waals surface area contributed by atoms with Gasteiger partial charge in [0.1, 0.15) is 5.82 Å². The van der Waals surface area contributed by atoms with Crippen LogP contribution in [0.4, 0.5) is 17.2 Å². The number of ether oxygens (including phenoxy) is 1. The Morgan fingerprint density at radius 3 is 2.67 bits per heavy atom. The van der Waals surface area contributed by atoms with E-state index in [0.717, 1.165) is 0 Å². The zero-order valence-corrected chi connectivity index (χ0v) is 19.7. The normalized spacial score (nSPS) is 20.0. The SMILES string of the molecule is NC(=O)C1CN(c2cc(Cl)cc(NC(=O)c3cc(N4CCCS4(=O)=O)ncc3Cl)c2)CCO1. The number of anilines is 3. The molecule has 2 amide bonds. The van der Waals surface area contributed by atoms with E-state index in [1.54, 1.807) is 18.2 Å². The summed E-state index contributed by atoms with van der Waals surface area (Å²) in [6.07, 6.45) is 0.991. The third kappa shape index (κ3) is 5.16. The average molecular weight is 514 g/mol. The Hall–Kier alpha value is -2.60. The number of benzene rings is 1. The third-order valence-electron chi connectivity index (χ3n) is 5.33. The fraction of sp³-hybridized carbons (Fsp3) is 0.350. The lowest BCUT2D eigenvalue weighted by molar-refractivity contribution is -0.130. The molecule has 0 radical (unpaired) electrons. The minimum absolute atomic E-state index is 0.0300. The number of amides is 2. The van der Waals surface area contributed by atoms with E-state index in [0.29, 0.717) is 42.5 Å². The maximum atomic E-state index is 13.0. The maximum absolute atomic E-state index is 13.0. The zero-order chi connectivity index (χ0) is 23.8. The molecule has 33 heavy (non-hydrogen) atoms. The van der Waals surface area contributed by atoms with E-state index < -0.39 is 27.9 Å². The van der Waals surface area contributed by atoms with Gasteiger partial charge in [0, 0.05) is 35.7 Å².